The molecule has 4 nitrogen and oxygen atoms in total. The van der Waals surface area contributed by atoms with Gasteiger partial charge >= 0.3 is 0 Å². The van der Waals surface area contributed by atoms with Gasteiger partial charge in [0.25, 0.3) is 0 Å². The highest BCUT2D eigenvalue weighted by molar-refractivity contribution is 5.78. The molecular formula is C49H98N3O+. The van der Waals surface area contributed by atoms with Crippen LogP contribution in [0.25, 0.3) is 0 Å². The molecule has 1 aliphatic heterocycles. The number of carbonyl (C=O) groups excluding carboxylic acids is 1. The minimum absolute atomic E-state index is 0.250. The molecule has 0 unspecified atom stereocenters. The fraction of sp³-hybridized carbons (Fsp3) is 0.959. The molecule has 0 aromatic heterocycles. The Hall–Kier alpha value is -1.06. The number of nitrogens with zero attached hydrogens (tertiary/aromatic N) is 1. The number of hydrogen-bond donors (Lipinski definition) is 2. The van der Waals surface area contributed by atoms with E-state index in [0.29, 0.717) is 6.42 Å². The van der Waals surface area contributed by atoms with Gasteiger partial charge in [-0.25, -0.2) is 0 Å². The maximum atomic E-state index is 12.4. The summed E-state index contributed by atoms with van der Waals surface area (Å²) in [6.45, 7) is 8.48. The first-order chi connectivity index (χ1) is 26.3. The van der Waals surface area contributed by atoms with E-state index >= 15 is 0 Å². The van der Waals surface area contributed by atoms with Crippen molar-refractivity contribution in [3.63, 3.8) is 0 Å². The van der Waals surface area contributed by atoms with Gasteiger partial charge in [0.2, 0.25) is 11.7 Å². The number of carbonyl (C=O) groups is 1. The van der Waals surface area contributed by atoms with E-state index < -0.39 is 0 Å². The van der Waals surface area contributed by atoms with Crippen LogP contribution in [0.15, 0.2) is 0 Å². The molecule has 314 valence electrons. The molecule has 1 amide bonds. The summed E-state index contributed by atoms with van der Waals surface area (Å²) in [4.78, 5) is 12.4. The molecule has 0 saturated carbocycles. The summed E-state index contributed by atoms with van der Waals surface area (Å²) in [7, 11) is 0. The van der Waals surface area contributed by atoms with Gasteiger partial charge < -0.3 is 5.32 Å². The Balaban J connectivity index is 1.82. The van der Waals surface area contributed by atoms with Crippen molar-refractivity contribution in [2.24, 2.45) is 0 Å². The maximum Gasteiger partial charge on any atom is 0.244 e. The van der Waals surface area contributed by atoms with Gasteiger partial charge in [-0.1, -0.05) is 251 Å². The summed E-state index contributed by atoms with van der Waals surface area (Å²) in [5, 5.41) is 6.82. The Morgan fingerprint density at radius 2 is 0.755 bits per heavy atom. The SMILES string of the molecule is CCCCCCCCCCCCCCCCCCCCCCC1=[N+](CCNC(=O)CCCCCCCCCCCCCCCCCCCCC)CCN1. The summed E-state index contributed by atoms with van der Waals surface area (Å²) in [5.41, 5.74) is 0. The molecule has 0 fully saturated rings. The average Bonchev–Trinajstić information content (AvgIpc) is 3.61. The minimum atomic E-state index is 0.250. The lowest BCUT2D eigenvalue weighted by Gasteiger charge is -2.07. The summed E-state index contributed by atoms with van der Waals surface area (Å²) < 4.78 is 2.48. The van der Waals surface area contributed by atoms with Gasteiger partial charge in [-0.3, -0.25) is 14.7 Å². The van der Waals surface area contributed by atoms with E-state index in [1.807, 2.05) is 0 Å². The summed E-state index contributed by atoms with van der Waals surface area (Å²) in [6.07, 6.45) is 57.0. The van der Waals surface area contributed by atoms with E-state index in [2.05, 4.69) is 29.1 Å². The van der Waals surface area contributed by atoms with Crippen molar-refractivity contribution in [3.05, 3.63) is 0 Å². The zero-order valence-electron chi connectivity index (χ0n) is 36.7. The van der Waals surface area contributed by atoms with Gasteiger partial charge in [0, 0.05) is 12.8 Å². The number of nitrogens with one attached hydrogen (secondary N) is 2. The molecule has 4 heteroatoms. The maximum absolute atomic E-state index is 12.4. The van der Waals surface area contributed by atoms with Crippen molar-refractivity contribution in [2.75, 3.05) is 26.2 Å². The number of amidine groups is 1. The minimum Gasteiger partial charge on any atom is -0.352 e. The first-order valence-corrected chi connectivity index (χ1v) is 24.9. The van der Waals surface area contributed by atoms with E-state index in [-0.39, 0.29) is 5.91 Å². The van der Waals surface area contributed by atoms with Crippen molar-refractivity contribution >= 4 is 11.7 Å². The quantitative estimate of drug-likeness (QED) is 0.0482. The second-order valence-corrected chi connectivity index (χ2v) is 17.3. The lowest BCUT2D eigenvalue weighted by molar-refractivity contribution is -0.517. The van der Waals surface area contributed by atoms with Crippen LogP contribution < -0.4 is 10.6 Å². The van der Waals surface area contributed by atoms with E-state index in [9.17, 15) is 4.79 Å². The van der Waals surface area contributed by atoms with E-state index in [0.717, 1.165) is 32.6 Å². The van der Waals surface area contributed by atoms with E-state index in [1.165, 1.54) is 256 Å². The molecule has 0 saturated heterocycles. The predicted molar refractivity (Wildman–Crippen MR) is 237 cm³/mol. The molecule has 1 heterocycles. The number of unbranched alkanes of at least 4 members (excludes halogenated alkanes) is 37. The number of rotatable bonds is 44. The van der Waals surface area contributed by atoms with Crippen LogP contribution >= 0.6 is 0 Å². The molecule has 0 radical (unpaired) electrons. The molecule has 53 heavy (non-hydrogen) atoms. The second-order valence-electron chi connectivity index (χ2n) is 17.3. The lowest BCUT2D eigenvalue weighted by Crippen LogP contribution is -2.32. The van der Waals surface area contributed by atoms with Gasteiger partial charge in [-0.05, 0) is 12.8 Å². The predicted octanol–water partition coefficient (Wildman–Crippen LogP) is 15.2. The Bertz CT molecular complexity index is 780. The zero-order chi connectivity index (χ0) is 38.0. The molecule has 0 spiro atoms. The molecule has 0 aromatic carbocycles. The standard InChI is InChI=1S/C49H97N3O/c1-3-5-7-9-11-13-15-17-19-21-23-25-26-28-30-32-34-36-38-40-42-48-50-44-46-52(48)47-45-51-49(53)43-41-39-37-35-33-31-29-27-24-22-20-18-16-14-12-10-8-6-4-2/h3-47H2,1-2H3,(H,51,53)/p+1. The third-order valence-electron chi connectivity index (χ3n) is 12.1. The molecule has 2 N–H and O–H groups in total. The Morgan fingerprint density at radius 3 is 1.09 bits per heavy atom. The van der Waals surface area contributed by atoms with Crippen LogP contribution in [0.5, 0.6) is 0 Å². The Morgan fingerprint density at radius 1 is 0.453 bits per heavy atom. The van der Waals surface area contributed by atoms with Crippen LogP contribution in [0.4, 0.5) is 0 Å². The van der Waals surface area contributed by atoms with Gasteiger partial charge in [-0.2, -0.15) is 0 Å². The first kappa shape index (κ1) is 50.0. The number of amides is 1. The first-order valence-electron chi connectivity index (χ1n) is 24.9. The molecule has 0 atom stereocenters. The van der Waals surface area contributed by atoms with Gasteiger partial charge in [-0.15, -0.1) is 0 Å². The summed E-state index contributed by atoms with van der Waals surface area (Å²) >= 11 is 0. The van der Waals surface area contributed by atoms with Crippen molar-refractivity contribution in [1.29, 1.82) is 0 Å². The van der Waals surface area contributed by atoms with E-state index in [4.69, 9.17) is 0 Å². The van der Waals surface area contributed by atoms with Crippen LogP contribution in [0.3, 0.4) is 0 Å². The van der Waals surface area contributed by atoms with Crippen LogP contribution in [0.1, 0.15) is 277 Å². The molecule has 0 aliphatic carbocycles. The van der Waals surface area contributed by atoms with Crippen molar-refractivity contribution in [2.45, 2.75) is 277 Å². The second kappa shape index (κ2) is 42.1. The zero-order valence-corrected chi connectivity index (χ0v) is 36.7. The highest BCUT2D eigenvalue weighted by Gasteiger charge is 2.19. The van der Waals surface area contributed by atoms with Gasteiger partial charge in [0.15, 0.2) is 0 Å². The molecule has 0 aromatic rings. The third-order valence-corrected chi connectivity index (χ3v) is 12.1. The molecular weight excluding hydrogens is 647 g/mol. The van der Waals surface area contributed by atoms with Crippen LogP contribution in [-0.4, -0.2) is 42.5 Å². The van der Waals surface area contributed by atoms with Crippen LogP contribution in [-0.2, 0) is 4.79 Å². The summed E-state index contributed by atoms with van der Waals surface area (Å²) in [5.74, 6) is 1.67. The largest absolute Gasteiger partial charge is 0.352 e. The van der Waals surface area contributed by atoms with Crippen LogP contribution in [0.2, 0.25) is 0 Å². The monoisotopic (exact) mass is 745 g/mol. The Kier molecular flexibility index (Phi) is 39.7. The fourth-order valence-electron chi connectivity index (χ4n) is 8.41. The lowest BCUT2D eigenvalue weighted by atomic mass is 10.0. The van der Waals surface area contributed by atoms with Crippen molar-refractivity contribution < 1.29 is 9.37 Å². The van der Waals surface area contributed by atoms with Crippen molar-refractivity contribution in [3.8, 4) is 0 Å². The molecule has 1 aliphatic rings. The van der Waals surface area contributed by atoms with Gasteiger partial charge in [0.1, 0.15) is 19.6 Å². The number of hydrogen-bond acceptors (Lipinski definition) is 2. The average molecular weight is 745 g/mol. The molecule has 0 bridgehead atoms. The normalized spacial score (nSPS) is 12.9. The van der Waals surface area contributed by atoms with Gasteiger partial charge in [0.05, 0.1) is 6.54 Å². The topological polar surface area (TPSA) is 44.1 Å². The highest BCUT2D eigenvalue weighted by Crippen LogP contribution is 2.17. The van der Waals surface area contributed by atoms with E-state index in [1.54, 1.807) is 0 Å². The smallest absolute Gasteiger partial charge is 0.244 e. The third kappa shape index (κ3) is 36.3. The summed E-state index contributed by atoms with van der Waals surface area (Å²) in [6, 6.07) is 0. The highest BCUT2D eigenvalue weighted by atomic mass is 16.1. The molecule has 1 rings (SSSR count). The van der Waals surface area contributed by atoms with Crippen molar-refractivity contribution in [1.82, 2.24) is 10.6 Å². The fourth-order valence-corrected chi connectivity index (χ4v) is 8.41. The van der Waals surface area contributed by atoms with Crippen LogP contribution in [0, 0.1) is 0 Å². The Labute approximate surface area is 334 Å².